The van der Waals surface area contributed by atoms with Crippen LogP contribution in [-0.4, -0.2) is 5.16 Å². The van der Waals surface area contributed by atoms with Gasteiger partial charge in [0.15, 0.2) is 0 Å². The van der Waals surface area contributed by atoms with Crippen LogP contribution in [-0.2, 0) is 5.41 Å². The average Bonchev–Trinajstić information content (AvgIpc) is 2.54. The maximum atomic E-state index is 5.90. The van der Waals surface area contributed by atoms with E-state index in [4.69, 9.17) is 10.3 Å². The molecular weight excluding hydrogens is 236 g/mol. The number of nitrogens with zero attached hydrogens (tertiary/aromatic N) is 1. The van der Waals surface area contributed by atoms with Gasteiger partial charge in [0.25, 0.3) is 0 Å². The number of anilines is 1. The van der Waals surface area contributed by atoms with Crippen molar-refractivity contribution in [1.82, 2.24) is 5.16 Å². The van der Waals surface area contributed by atoms with Crippen LogP contribution in [0.4, 0.5) is 5.88 Å². The summed E-state index contributed by atoms with van der Waals surface area (Å²) in [7, 11) is 0. The van der Waals surface area contributed by atoms with Crippen LogP contribution >= 0.6 is 0 Å². The number of nitrogen functional groups attached to an aromatic ring is 1. The lowest BCUT2D eigenvalue weighted by Crippen LogP contribution is -2.57. The molecule has 0 spiro atoms. The van der Waals surface area contributed by atoms with Crippen LogP contribution in [0, 0.1) is 23.7 Å². The van der Waals surface area contributed by atoms with Crippen LogP contribution in [0.3, 0.4) is 0 Å². The summed E-state index contributed by atoms with van der Waals surface area (Å²) < 4.78 is 5.28. The fourth-order valence-electron chi connectivity index (χ4n) is 6.55. The number of hydrogen-bond donors (Lipinski definition) is 1. The second kappa shape index (κ2) is 3.18. The van der Waals surface area contributed by atoms with Crippen molar-refractivity contribution in [3.63, 3.8) is 0 Å². The van der Waals surface area contributed by atoms with Gasteiger partial charge in [0.05, 0.1) is 5.69 Å². The molecule has 4 fully saturated rings. The zero-order valence-corrected chi connectivity index (χ0v) is 12.3. The van der Waals surface area contributed by atoms with Gasteiger partial charge in [-0.1, -0.05) is 19.0 Å². The van der Waals surface area contributed by atoms with Crippen LogP contribution in [0.5, 0.6) is 0 Å². The minimum Gasteiger partial charge on any atom is -0.367 e. The first-order valence-electron chi connectivity index (χ1n) is 7.56. The molecule has 104 valence electrons. The van der Waals surface area contributed by atoms with E-state index >= 15 is 0 Å². The minimum absolute atomic E-state index is 0.244. The highest BCUT2D eigenvalue weighted by molar-refractivity contribution is 5.42. The van der Waals surface area contributed by atoms with Gasteiger partial charge in [-0.2, -0.15) is 0 Å². The highest BCUT2D eigenvalue weighted by Crippen LogP contribution is 2.69. The highest BCUT2D eigenvalue weighted by Gasteiger charge is 2.61. The summed E-state index contributed by atoms with van der Waals surface area (Å²) >= 11 is 0. The Bertz CT molecular complexity index is 529. The van der Waals surface area contributed by atoms with E-state index in [0.717, 1.165) is 11.5 Å². The van der Waals surface area contributed by atoms with E-state index in [1.807, 2.05) is 0 Å². The Morgan fingerprint density at radius 3 is 2.21 bits per heavy atom. The molecule has 4 saturated carbocycles. The molecule has 0 amide bonds. The predicted octanol–water partition coefficient (Wildman–Crippen LogP) is 3.81. The molecule has 5 rings (SSSR count). The Kier molecular flexibility index (Phi) is 1.98. The Morgan fingerprint density at radius 2 is 1.74 bits per heavy atom. The van der Waals surface area contributed by atoms with E-state index in [9.17, 15) is 0 Å². The van der Waals surface area contributed by atoms with Gasteiger partial charge in [0.1, 0.15) is 0 Å². The smallest absolute Gasteiger partial charge is 0.225 e. The SMILES string of the molecule is Cc1c(C23CC4CC(C)(CC(C)(C4)C2)C3)noc1N. The number of nitrogens with two attached hydrogens (primary N) is 1. The third-order valence-electron chi connectivity index (χ3n) is 6.09. The van der Waals surface area contributed by atoms with Gasteiger partial charge in [-0.3, -0.25) is 0 Å². The Balaban J connectivity index is 1.85. The van der Waals surface area contributed by atoms with E-state index in [0.29, 0.717) is 16.7 Å². The standard InChI is InChI=1S/C16H24N2O/c1-10-12(18-19-13(10)17)16-6-11-4-14(2,8-16)7-15(3,5-11)9-16/h11H,4-9,17H2,1-3H3. The third kappa shape index (κ3) is 1.47. The number of rotatable bonds is 1. The van der Waals surface area contributed by atoms with E-state index in [1.165, 1.54) is 44.2 Å². The van der Waals surface area contributed by atoms with Gasteiger partial charge >= 0.3 is 0 Å². The fourth-order valence-corrected chi connectivity index (χ4v) is 6.55. The zero-order valence-electron chi connectivity index (χ0n) is 12.3. The summed E-state index contributed by atoms with van der Waals surface area (Å²) in [6.45, 7) is 7.05. The van der Waals surface area contributed by atoms with Crippen molar-refractivity contribution in [1.29, 1.82) is 0 Å². The van der Waals surface area contributed by atoms with Gasteiger partial charge < -0.3 is 10.3 Å². The maximum absolute atomic E-state index is 5.90. The topological polar surface area (TPSA) is 52.0 Å². The van der Waals surface area contributed by atoms with Crippen LogP contribution in [0.25, 0.3) is 0 Å². The molecular formula is C16H24N2O. The lowest BCUT2D eigenvalue weighted by Gasteiger charge is -2.65. The first-order chi connectivity index (χ1) is 8.83. The van der Waals surface area contributed by atoms with Gasteiger partial charge in [-0.15, -0.1) is 0 Å². The van der Waals surface area contributed by atoms with Crippen molar-refractivity contribution in [3.8, 4) is 0 Å². The minimum atomic E-state index is 0.244. The first-order valence-corrected chi connectivity index (χ1v) is 7.56. The van der Waals surface area contributed by atoms with Crippen molar-refractivity contribution in [2.45, 2.75) is 64.7 Å². The summed E-state index contributed by atoms with van der Waals surface area (Å²) in [6, 6.07) is 0. The molecule has 4 aliphatic carbocycles. The van der Waals surface area contributed by atoms with E-state index in [2.05, 4.69) is 25.9 Å². The molecule has 4 bridgehead atoms. The van der Waals surface area contributed by atoms with Crippen molar-refractivity contribution in [2.75, 3.05) is 5.73 Å². The monoisotopic (exact) mass is 260 g/mol. The predicted molar refractivity (Wildman–Crippen MR) is 74.7 cm³/mol. The second-order valence-corrected chi connectivity index (χ2v) is 8.43. The largest absolute Gasteiger partial charge is 0.367 e. The van der Waals surface area contributed by atoms with Gasteiger partial charge in [0.2, 0.25) is 5.88 Å². The molecule has 1 aromatic heterocycles. The van der Waals surface area contributed by atoms with E-state index in [1.54, 1.807) is 0 Å². The summed E-state index contributed by atoms with van der Waals surface area (Å²) in [6.07, 6.45) is 8.07. The normalized spacial score (nSPS) is 47.8. The molecule has 3 nitrogen and oxygen atoms in total. The van der Waals surface area contributed by atoms with Crippen molar-refractivity contribution >= 4 is 5.88 Å². The molecule has 3 heteroatoms. The Hall–Kier alpha value is -0.990. The molecule has 2 atom stereocenters. The summed E-state index contributed by atoms with van der Waals surface area (Å²) in [5.74, 6) is 1.39. The average molecular weight is 260 g/mol. The summed E-state index contributed by atoms with van der Waals surface area (Å²) in [5.41, 5.74) is 9.42. The molecule has 2 unspecified atom stereocenters. The summed E-state index contributed by atoms with van der Waals surface area (Å²) in [4.78, 5) is 0. The molecule has 0 radical (unpaired) electrons. The highest BCUT2D eigenvalue weighted by atomic mass is 16.5. The van der Waals surface area contributed by atoms with Crippen LogP contribution in [0.15, 0.2) is 4.52 Å². The third-order valence-corrected chi connectivity index (χ3v) is 6.09. The van der Waals surface area contributed by atoms with Crippen molar-refractivity contribution < 1.29 is 4.52 Å². The summed E-state index contributed by atoms with van der Waals surface area (Å²) in [5, 5.41) is 4.37. The van der Waals surface area contributed by atoms with Crippen LogP contribution < -0.4 is 5.73 Å². The second-order valence-electron chi connectivity index (χ2n) is 8.43. The maximum Gasteiger partial charge on any atom is 0.225 e. The van der Waals surface area contributed by atoms with E-state index in [-0.39, 0.29) is 5.41 Å². The zero-order chi connectivity index (χ0) is 13.5. The van der Waals surface area contributed by atoms with Crippen molar-refractivity contribution in [2.24, 2.45) is 16.7 Å². The van der Waals surface area contributed by atoms with Gasteiger partial charge in [0, 0.05) is 11.0 Å². The van der Waals surface area contributed by atoms with Crippen LogP contribution in [0.1, 0.15) is 63.6 Å². The van der Waals surface area contributed by atoms with Gasteiger partial charge in [-0.25, -0.2) is 0 Å². The Morgan fingerprint density at radius 1 is 1.11 bits per heavy atom. The first kappa shape index (κ1) is 11.8. The fraction of sp³-hybridized carbons (Fsp3) is 0.812. The molecule has 19 heavy (non-hydrogen) atoms. The lowest BCUT2D eigenvalue weighted by atomic mass is 9.39. The quantitative estimate of drug-likeness (QED) is 0.835. The van der Waals surface area contributed by atoms with Crippen molar-refractivity contribution in [3.05, 3.63) is 11.3 Å². The van der Waals surface area contributed by atoms with Gasteiger partial charge in [-0.05, 0) is 62.2 Å². The molecule has 2 N–H and O–H groups in total. The number of aromatic nitrogens is 1. The van der Waals surface area contributed by atoms with E-state index < -0.39 is 0 Å². The molecule has 1 aromatic rings. The molecule has 0 aromatic carbocycles. The molecule has 4 aliphatic rings. The number of hydrogen-bond acceptors (Lipinski definition) is 3. The Labute approximate surface area is 114 Å². The molecule has 1 heterocycles. The molecule has 0 saturated heterocycles. The van der Waals surface area contributed by atoms with Crippen LogP contribution in [0.2, 0.25) is 0 Å². The molecule has 0 aliphatic heterocycles. The lowest BCUT2D eigenvalue weighted by molar-refractivity contribution is -0.112.